The van der Waals surface area contributed by atoms with Gasteiger partial charge in [-0.25, -0.2) is 0 Å². The molecule has 0 radical (unpaired) electrons. The van der Waals surface area contributed by atoms with Crippen LogP contribution in [0.2, 0.25) is 0 Å². The second-order valence-corrected chi connectivity index (χ2v) is 33.4. The summed E-state index contributed by atoms with van der Waals surface area (Å²) >= 11 is 21.2. The van der Waals surface area contributed by atoms with Crippen LogP contribution in [-0.4, -0.2) is 0 Å². The van der Waals surface area contributed by atoms with E-state index in [1.54, 1.807) is 0 Å². The van der Waals surface area contributed by atoms with Crippen molar-refractivity contribution in [2.45, 2.75) is 0 Å². The number of para-hydroxylation sites is 1. The van der Waals surface area contributed by atoms with Gasteiger partial charge in [-0.1, -0.05) is 248 Å². The van der Waals surface area contributed by atoms with Gasteiger partial charge in [-0.3, -0.25) is 0 Å². The first kappa shape index (κ1) is 58.6. The Kier molecular flexibility index (Phi) is 13.5. The van der Waals surface area contributed by atoms with E-state index in [9.17, 15) is 0 Å². The topological polar surface area (TPSA) is 13.1 Å². The maximum absolute atomic E-state index is 6.23. The van der Waals surface area contributed by atoms with Crippen LogP contribution < -0.4 is 0 Å². The first-order valence-electron chi connectivity index (χ1n) is 32.8. The van der Waals surface area contributed by atoms with Crippen molar-refractivity contribution in [2.24, 2.45) is 0 Å². The molecule has 0 aliphatic carbocycles. The molecule has 15 aromatic carbocycles. The Labute approximate surface area is 613 Å². The first-order valence-corrected chi connectivity index (χ1v) is 39.3. The highest BCUT2D eigenvalue weighted by atomic mass is 79.9. The lowest BCUT2D eigenvalue weighted by Gasteiger charge is -2.10. The van der Waals surface area contributed by atoms with E-state index >= 15 is 0 Å². The first-order chi connectivity index (χ1) is 48.8. The lowest BCUT2D eigenvalue weighted by atomic mass is 9.96. The normalized spacial score (nSPS) is 12.2. The SMILES string of the molecule is Brc1ccc(-c2cccc3c2sc2c(-c4ccc5sc6ccc(-c7cc(-c8cccc9c8sc8c(-c%10cccc%11c%10sc%10cc(-c%12cc(-c%13cccc%14c%13sc%13c(-c%15ccc%16oc%17ccccc%17c%16c%15)cccc%13%14)ccc%12Br)ccc%10%11)cccc89)ccc7Br)cc6c5c4)cccc23)cc1. The number of benzene rings is 15. The molecule has 0 spiro atoms. The van der Waals surface area contributed by atoms with E-state index in [2.05, 4.69) is 321 Å². The lowest BCUT2D eigenvalue weighted by Crippen LogP contribution is -1.84. The van der Waals surface area contributed by atoms with Gasteiger partial charge in [0.1, 0.15) is 11.2 Å². The minimum Gasteiger partial charge on any atom is -0.456 e. The van der Waals surface area contributed by atoms with Gasteiger partial charge in [0, 0.05) is 136 Å². The number of furan rings is 1. The number of hydrogen-bond donors (Lipinski definition) is 0. The molecule has 6 heterocycles. The summed E-state index contributed by atoms with van der Waals surface area (Å²) in [6, 6.07) is 106. The van der Waals surface area contributed by atoms with Crippen LogP contribution in [0.4, 0.5) is 0 Å². The van der Waals surface area contributed by atoms with Gasteiger partial charge in [-0.05, 0) is 163 Å². The highest BCUT2D eigenvalue weighted by Gasteiger charge is 2.23. The van der Waals surface area contributed by atoms with E-state index in [0.29, 0.717) is 0 Å². The van der Waals surface area contributed by atoms with Crippen molar-refractivity contribution in [2.75, 3.05) is 0 Å². The predicted molar refractivity (Wildman–Crippen MR) is 445 cm³/mol. The third kappa shape index (κ3) is 9.29. The average Bonchev–Trinajstić information content (AvgIpc) is 1.61. The Balaban J connectivity index is 0.614. The molecule has 21 aromatic rings. The van der Waals surface area contributed by atoms with Crippen molar-refractivity contribution < 1.29 is 4.42 Å². The van der Waals surface area contributed by atoms with Gasteiger partial charge in [0.05, 0.1) is 0 Å². The molecule has 0 saturated carbocycles. The Bertz CT molecular complexity index is 7030. The van der Waals surface area contributed by atoms with Crippen molar-refractivity contribution in [1.29, 1.82) is 0 Å². The third-order valence-electron chi connectivity index (χ3n) is 20.2. The Morgan fingerprint density at radius 2 is 0.535 bits per heavy atom. The fraction of sp³-hybridized carbons (Fsp3) is 0. The quantitative estimate of drug-likeness (QED) is 0.148. The average molecular weight is 1540 g/mol. The van der Waals surface area contributed by atoms with Gasteiger partial charge in [0.2, 0.25) is 0 Å². The van der Waals surface area contributed by atoms with Crippen LogP contribution in [0.3, 0.4) is 0 Å². The highest BCUT2D eigenvalue weighted by Crippen LogP contribution is 2.52. The summed E-state index contributed by atoms with van der Waals surface area (Å²) in [5.41, 5.74) is 21.4. The molecular weight excluding hydrogens is 1500 g/mol. The number of halogens is 3. The van der Waals surface area contributed by atoms with Crippen LogP contribution >= 0.6 is 104 Å². The van der Waals surface area contributed by atoms with E-state index in [-0.39, 0.29) is 0 Å². The molecule has 99 heavy (non-hydrogen) atoms. The second-order valence-electron chi connectivity index (χ2n) is 25.6. The van der Waals surface area contributed by atoms with Crippen molar-refractivity contribution >= 4 is 227 Å². The molecule has 0 aliphatic rings. The molecule has 0 atom stereocenters. The molecule has 0 saturated heterocycles. The largest absolute Gasteiger partial charge is 0.456 e. The monoisotopic (exact) mass is 1540 g/mol. The Morgan fingerprint density at radius 3 is 1.04 bits per heavy atom. The number of rotatable bonds is 8. The van der Waals surface area contributed by atoms with Crippen LogP contribution in [0.5, 0.6) is 0 Å². The summed E-state index contributed by atoms with van der Waals surface area (Å²) in [6.07, 6.45) is 0. The van der Waals surface area contributed by atoms with E-state index in [0.717, 1.165) is 35.4 Å². The molecule has 0 bridgehead atoms. The van der Waals surface area contributed by atoms with Crippen LogP contribution in [-0.2, 0) is 0 Å². The molecule has 0 unspecified atom stereocenters. The van der Waals surface area contributed by atoms with E-state index in [1.165, 1.54) is 190 Å². The van der Waals surface area contributed by atoms with Crippen molar-refractivity contribution in [3.8, 4) is 89.0 Å². The summed E-state index contributed by atoms with van der Waals surface area (Å²) in [5, 5.41) is 15.1. The predicted octanol–water partition coefficient (Wildman–Crippen LogP) is 31.0. The minimum absolute atomic E-state index is 0.912. The fourth-order valence-electron chi connectivity index (χ4n) is 15.5. The second kappa shape index (κ2) is 22.8. The molecule has 464 valence electrons. The summed E-state index contributed by atoms with van der Waals surface area (Å²) in [4.78, 5) is 0. The number of hydrogen-bond acceptors (Lipinski definition) is 6. The minimum atomic E-state index is 0.912. The molecule has 1 nitrogen and oxygen atoms in total. The van der Waals surface area contributed by atoms with Crippen LogP contribution in [0, 0.1) is 0 Å². The number of fused-ring (bicyclic) bond motifs is 18. The van der Waals surface area contributed by atoms with Gasteiger partial charge >= 0.3 is 0 Å². The Hall–Kier alpha value is -9.36. The Morgan fingerprint density at radius 1 is 0.192 bits per heavy atom. The van der Waals surface area contributed by atoms with Gasteiger partial charge in [-0.15, -0.1) is 56.7 Å². The van der Waals surface area contributed by atoms with E-state index in [4.69, 9.17) is 4.42 Å². The molecular formula is C90H47Br3OS5. The lowest BCUT2D eigenvalue weighted by molar-refractivity contribution is 0.669. The van der Waals surface area contributed by atoms with Gasteiger partial charge < -0.3 is 4.42 Å². The molecule has 0 N–H and O–H groups in total. The van der Waals surface area contributed by atoms with Crippen molar-refractivity contribution in [3.63, 3.8) is 0 Å². The molecule has 0 aliphatic heterocycles. The maximum atomic E-state index is 6.23. The summed E-state index contributed by atoms with van der Waals surface area (Å²) in [6.45, 7) is 0. The summed E-state index contributed by atoms with van der Waals surface area (Å²) in [7, 11) is 0. The zero-order valence-electron chi connectivity index (χ0n) is 52.2. The van der Waals surface area contributed by atoms with Gasteiger partial charge in [0.15, 0.2) is 0 Å². The van der Waals surface area contributed by atoms with Crippen molar-refractivity contribution in [3.05, 3.63) is 299 Å². The summed E-state index contributed by atoms with van der Waals surface area (Å²) in [5.74, 6) is 0. The molecule has 0 fully saturated rings. The van der Waals surface area contributed by atoms with Crippen LogP contribution in [0.15, 0.2) is 303 Å². The maximum Gasteiger partial charge on any atom is 0.135 e. The zero-order chi connectivity index (χ0) is 65.3. The fourth-order valence-corrected chi connectivity index (χ4v) is 23.1. The molecule has 0 amide bonds. The molecule has 21 rings (SSSR count). The third-order valence-corrected chi connectivity index (χ3v) is 28.3. The summed E-state index contributed by atoms with van der Waals surface area (Å²) < 4.78 is 22.5. The van der Waals surface area contributed by atoms with E-state index < -0.39 is 0 Å². The van der Waals surface area contributed by atoms with E-state index in [1.807, 2.05) is 68.8 Å². The van der Waals surface area contributed by atoms with Crippen LogP contribution in [0.25, 0.3) is 212 Å². The standard InChI is InChI=1S/C90H47Br3OS5/c91-55-34-26-48(27-35-55)56-11-3-17-64-65-18-7-15-60(87(65)97-84(56)64)52-32-40-81-75(45-52)76-46-53(33-41-82(76)95-81)72-42-49(29-37-77(72)92)58-13-5-21-68-70-23-9-24-71(90(70)99-88(58)68)69-22-8-16-63-62-36-28-54(47-83(62)96-89(63)69)73-43-50(30-38-78(73)93)57-12-4-19-66-67-20-6-14-59(86(67)98-85(57)66)51-31-39-80-74(44-51)61-10-1-2-25-79(61)94-80/h1-47H. The van der Waals surface area contributed by atoms with Gasteiger partial charge in [0.25, 0.3) is 0 Å². The zero-order valence-corrected chi connectivity index (χ0v) is 61.1. The van der Waals surface area contributed by atoms with Gasteiger partial charge in [-0.2, -0.15) is 0 Å². The van der Waals surface area contributed by atoms with Crippen LogP contribution in [0.1, 0.15) is 0 Å². The smallest absolute Gasteiger partial charge is 0.135 e. The van der Waals surface area contributed by atoms with Crippen molar-refractivity contribution in [1.82, 2.24) is 0 Å². The molecule has 6 aromatic heterocycles. The highest BCUT2D eigenvalue weighted by molar-refractivity contribution is 9.11. The molecule has 9 heteroatoms. The number of thiophene rings is 5.